The van der Waals surface area contributed by atoms with Crippen molar-refractivity contribution in [2.75, 3.05) is 12.4 Å². The first-order valence-corrected chi connectivity index (χ1v) is 8.08. The molecule has 142 valence electrons. The van der Waals surface area contributed by atoms with Crippen LogP contribution >= 0.6 is 0 Å². The molecule has 0 bridgehead atoms. The zero-order chi connectivity index (χ0) is 20.7. The summed E-state index contributed by atoms with van der Waals surface area (Å²) in [7, 11) is 1.39. The van der Waals surface area contributed by atoms with Crippen molar-refractivity contribution in [3.8, 4) is 17.6 Å². The van der Waals surface area contributed by atoms with Crippen LogP contribution in [0.1, 0.15) is 11.1 Å². The van der Waals surface area contributed by atoms with E-state index in [-0.39, 0.29) is 28.4 Å². The van der Waals surface area contributed by atoms with Crippen molar-refractivity contribution in [2.24, 2.45) is 0 Å². The van der Waals surface area contributed by atoms with Crippen LogP contribution in [0.2, 0.25) is 0 Å². The standard InChI is InChI=1S/C20H17N3O5/c1-3-5-14-8-13(10-18(28-2)19(14)24)9-15(12-21)20(25)22-16-6-4-7-17(11-16)23(26)27/h3-4,6-11,24H,1,5H2,2H3,(H,22,25)/b15-9+. The molecule has 0 saturated heterocycles. The number of carbonyl (C=O) groups is 1. The second kappa shape index (κ2) is 9.00. The summed E-state index contributed by atoms with van der Waals surface area (Å²) in [6, 6.07) is 10.3. The number of phenolic OH excluding ortho intramolecular Hbond substituents is 1. The number of nitrogens with one attached hydrogen (secondary N) is 1. The van der Waals surface area contributed by atoms with E-state index in [1.807, 2.05) is 0 Å². The van der Waals surface area contributed by atoms with E-state index in [4.69, 9.17) is 4.74 Å². The quantitative estimate of drug-likeness (QED) is 0.249. The first-order chi connectivity index (χ1) is 13.4. The van der Waals surface area contributed by atoms with E-state index in [2.05, 4.69) is 11.9 Å². The maximum atomic E-state index is 12.4. The van der Waals surface area contributed by atoms with Crippen molar-refractivity contribution in [1.82, 2.24) is 0 Å². The Bertz CT molecular complexity index is 1010. The van der Waals surface area contributed by atoms with Gasteiger partial charge in [-0.1, -0.05) is 12.1 Å². The smallest absolute Gasteiger partial charge is 0.271 e. The number of hydrogen-bond donors (Lipinski definition) is 2. The van der Waals surface area contributed by atoms with Gasteiger partial charge >= 0.3 is 0 Å². The minimum Gasteiger partial charge on any atom is -0.504 e. The Morgan fingerprint density at radius 1 is 1.43 bits per heavy atom. The molecule has 0 aliphatic heterocycles. The lowest BCUT2D eigenvalue weighted by Gasteiger charge is -2.10. The number of hydrogen-bond acceptors (Lipinski definition) is 6. The van der Waals surface area contributed by atoms with Crippen LogP contribution in [0.25, 0.3) is 6.08 Å². The molecule has 0 aliphatic rings. The molecule has 2 rings (SSSR count). The zero-order valence-electron chi connectivity index (χ0n) is 15.0. The fourth-order valence-electron chi connectivity index (χ4n) is 2.45. The number of rotatable bonds is 7. The maximum Gasteiger partial charge on any atom is 0.271 e. The normalized spacial score (nSPS) is 10.6. The highest BCUT2D eigenvalue weighted by Crippen LogP contribution is 2.32. The van der Waals surface area contributed by atoms with Crippen LogP contribution in [0, 0.1) is 21.4 Å². The van der Waals surface area contributed by atoms with Crippen molar-refractivity contribution in [3.63, 3.8) is 0 Å². The minimum absolute atomic E-state index is 0.0425. The van der Waals surface area contributed by atoms with E-state index in [1.165, 1.54) is 43.5 Å². The van der Waals surface area contributed by atoms with Gasteiger partial charge in [-0.25, -0.2) is 0 Å². The highest BCUT2D eigenvalue weighted by atomic mass is 16.6. The number of ether oxygens (including phenoxy) is 1. The van der Waals surface area contributed by atoms with E-state index < -0.39 is 10.8 Å². The van der Waals surface area contributed by atoms with Crippen LogP contribution in [-0.2, 0) is 11.2 Å². The van der Waals surface area contributed by atoms with Crippen molar-refractivity contribution >= 4 is 23.4 Å². The van der Waals surface area contributed by atoms with Crippen LogP contribution < -0.4 is 10.1 Å². The fraction of sp³-hybridized carbons (Fsp3) is 0.100. The van der Waals surface area contributed by atoms with Gasteiger partial charge in [-0.2, -0.15) is 5.26 Å². The number of benzene rings is 2. The number of allylic oxidation sites excluding steroid dienone is 1. The fourth-order valence-corrected chi connectivity index (χ4v) is 2.45. The molecule has 8 nitrogen and oxygen atoms in total. The van der Waals surface area contributed by atoms with Gasteiger partial charge in [0.25, 0.3) is 11.6 Å². The first-order valence-electron chi connectivity index (χ1n) is 8.08. The minimum atomic E-state index is -0.722. The average molecular weight is 379 g/mol. The van der Waals surface area contributed by atoms with Crippen molar-refractivity contribution in [2.45, 2.75) is 6.42 Å². The van der Waals surface area contributed by atoms with Crippen molar-refractivity contribution in [1.29, 1.82) is 5.26 Å². The van der Waals surface area contributed by atoms with Crippen molar-refractivity contribution in [3.05, 3.63) is 75.9 Å². The summed E-state index contributed by atoms with van der Waals surface area (Å²) >= 11 is 0. The Morgan fingerprint density at radius 2 is 2.18 bits per heavy atom. The maximum absolute atomic E-state index is 12.4. The third-order valence-corrected chi connectivity index (χ3v) is 3.75. The molecule has 0 atom stereocenters. The highest BCUT2D eigenvalue weighted by Gasteiger charge is 2.14. The summed E-state index contributed by atoms with van der Waals surface area (Å²) in [5.74, 6) is -0.568. The number of nitro groups is 1. The number of carbonyl (C=O) groups excluding carboxylic acids is 1. The Morgan fingerprint density at radius 3 is 2.79 bits per heavy atom. The second-order valence-corrected chi connectivity index (χ2v) is 5.66. The number of anilines is 1. The molecule has 2 aromatic carbocycles. The van der Waals surface area contributed by atoms with Crippen molar-refractivity contribution < 1.29 is 19.6 Å². The van der Waals surface area contributed by atoms with Gasteiger partial charge in [-0.15, -0.1) is 6.58 Å². The Labute approximate surface area is 161 Å². The molecule has 28 heavy (non-hydrogen) atoms. The van der Waals surface area contributed by atoms with Gasteiger partial charge in [0.15, 0.2) is 11.5 Å². The van der Waals surface area contributed by atoms with Gasteiger partial charge in [0.05, 0.1) is 12.0 Å². The summed E-state index contributed by atoms with van der Waals surface area (Å²) in [6.45, 7) is 3.62. The number of amides is 1. The SMILES string of the molecule is C=CCc1cc(/C=C(\C#N)C(=O)Nc2cccc([N+](=O)[O-])c2)cc(OC)c1O. The zero-order valence-corrected chi connectivity index (χ0v) is 15.0. The van der Waals surface area contributed by atoms with E-state index >= 15 is 0 Å². The number of non-ortho nitro benzene ring substituents is 1. The van der Waals surface area contributed by atoms with Crippen LogP contribution in [0.15, 0.2) is 54.6 Å². The molecule has 0 radical (unpaired) electrons. The third-order valence-electron chi connectivity index (χ3n) is 3.75. The highest BCUT2D eigenvalue weighted by molar-refractivity contribution is 6.09. The predicted molar refractivity (Wildman–Crippen MR) is 104 cm³/mol. The second-order valence-electron chi connectivity index (χ2n) is 5.66. The third kappa shape index (κ3) is 4.74. The van der Waals surface area contributed by atoms with Gasteiger partial charge in [-0.3, -0.25) is 14.9 Å². The van der Waals surface area contributed by atoms with Gasteiger partial charge in [-0.05, 0) is 36.3 Å². The topological polar surface area (TPSA) is 125 Å². The Balaban J connectivity index is 2.35. The molecule has 0 spiro atoms. The summed E-state index contributed by atoms with van der Waals surface area (Å²) in [4.78, 5) is 22.6. The molecule has 0 unspecified atom stereocenters. The summed E-state index contributed by atoms with van der Waals surface area (Å²) in [6.07, 6.45) is 3.30. The number of methoxy groups -OCH3 is 1. The monoisotopic (exact) mass is 379 g/mol. The van der Waals surface area contributed by atoms with Gasteiger partial charge in [0.2, 0.25) is 0 Å². The Hall–Kier alpha value is -4.12. The molecular weight excluding hydrogens is 362 g/mol. The lowest BCUT2D eigenvalue weighted by atomic mass is 10.0. The van der Waals surface area contributed by atoms with Gasteiger partial charge in [0, 0.05) is 23.4 Å². The largest absolute Gasteiger partial charge is 0.504 e. The van der Waals surface area contributed by atoms with Crippen LogP contribution in [-0.4, -0.2) is 23.0 Å². The van der Waals surface area contributed by atoms with Crippen LogP contribution in [0.3, 0.4) is 0 Å². The molecule has 1 amide bonds. The van der Waals surface area contributed by atoms with Crippen LogP contribution in [0.5, 0.6) is 11.5 Å². The van der Waals surface area contributed by atoms with E-state index in [1.54, 1.807) is 18.2 Å². The number of nitrogens with zero attached hydrogens (tertiary/aromatic N) is 2. The number of aromatic hydroxyl groups is 1. The average Bonchev–Trinajstić information content (AvgIpc) is 2.68. The summed E-state index contributed by atoms with van der Waals surface area (Å²) in [5, 5.41) is 32.8. The molecule has 0 aromatic heterocycles. The molecule has 2 aromatic rings. The summed E-state index contributed by atoms with van der Waals surface area (Å²) in [5.41, 5.74) is 0.784. The number of nitro benzene ring substituents is 1. The van der Waals surface area contributed by atoms with Gasteiger partial charge < -0.3 is 15.2 Å². The molecule has 0 fully saturated rings. The molecule has 2 N–H and O–H groups in total. The predicted octanol–water partition coefficient (Wildman–Crippen LogP) is 3.58. The van der Waals surface area contributed by atoms with Gasteiger partial charge in [0.1, 0.15) is 11.6 Å². The van der Waals surface area contributed by atoms with E-state index in [0.717, 1.165) is 0 Å². The number of nitriles is 1. The molecule has 0 aliphatic carbocycles. The van der Waals surface area contributed by atoms with Crippen LogP contribution in [0.4, 0.5) is 11.4 Å². The molecular formula is C20H17N3O5. The molecule has 8 heteroatoms. The van der Waals surface area contributed by atoms with E-state index in [0.29, 0.717) is 17.5 Å². The Kier molecular flexibility index (Phi) is 6.49. The number of phenols is 1. The lowest BCUT2D eigenvalue weighted by Crippen LogP contribution is -2.13. The lowest BCUT2D eigenvalue weighted by molar-refractivity contribution is -0.384. The first kappa shape index (κ1) is 20.2. The molecule has 0 heterocycles. The summed E-state index contributed by atoms with van der Waals surface area (Å²) < 4.78 is 5.12. The van der Waals surface area contributed by atoms with E-state index in [9.17, 15) is 25.3 Å². The molecule has 0 saturated carbocycles.